The average molecular weight is 604 g/mol. The third-order valence-corrected chi connectivity index (χ3v) is 8.13. The molecule has 2 N–H and O–H groups in total. The molecule has 0 saturated carbocycles. The van der Waals surface area contributed by atoms with Crippen LogP contribution in [0.2, 0.25) is 0 Å². The fourth-order valence-electron chi connectivity index (χ4n) is 5.46. The van der Waals surface area contributed by atoms with E-state index in [9.17, 15) is 19.8 Å². The maximum Gasteiger partial charge on any atom is 4.00 e. The van der Waals surface area contributed by atoms with E-state index in [-0.39, 0.29) is 29.9 Å². The third-order valence-electron chi connectivity index (χ3n) is 8.13. The van der Waals surface area contributed by atoms with Gasteiger partial charge in [0.25, 0.3) is 0 Å². The van der Waals surface area contributed by atoms with Gasteiger partial charge in [-0.3, -0.25) is 9.59 Å². The number of carbonyl (C=O) groups is 2. The normalized spacial score (nSPS) is 12.9. The zero-order valence-electron chi connectivity index (χ0n) is 24.3. The van der Waals surface area contributed by atoms with Crippen molar-refractivity contribution in [3.63, 3.8) is 0 Å². The van der Waals surface area contributed by atoms with Crippen molar-refractivity contribution < 1.29 is 36.9 Å². The Morgan fingerprint density at radius 1 is 0.714 bits per heavy atom. The Morgan fingerprint density at radius 2 is 1.19 bits per heavy atom. The van der Waals surface area contributed by atoms with E-state index < -0.39 is 11.9 Å². The van der Waals surface area contributed by atoms with Crippen molar-refractivity contribution >= 4 is 62.4 Å². The molecule has 5 rings (SSSR count). The van der Waals surface area contributed by atoms with Crippen LogP contribution in [-0.4, -0.2) is 32.1 Å². The number of fused-ring (bicyclic) bond motifs is 8. The van der Waals surface area contributed by atoms with Crippen molar-refractivity contribution in [2.45, 2.75) is 60.3 Å². The molecule has 8 bridgehead atoms. The summed E-state index contributed by atoms with van der Waals surface area (Å²) in [5.41, 5.74) is 13.2. The Kier molecular flexibility index (Phi) is 8.76. The summed E-state index contributed by atoms with van der Waals surface area (Å²) in [5, 5.41) is 18.8. The number of carboxylic acid groups (broad SMARTS) is 2. The van der Waals surface area contributed by atoms with Crippen LogP contribution in [0.5, 0.6) is 0 Å². The second-order valence-electron chi connectivity index (χ2n) is 10.6. The molecule has 3 aromatic heterocycles. The van der Waals surface area contributed by atoms with E-state index in [4.69, 9.17) is 19.9 Å². The molecule has 5 heterocycles. The smallest absolute Gasteiger partial charge is 0.657 e. The zero-order chi connectivity index (χ0) is 29.6. The van der Waals surface area contributed by atoms with Gasteiger partial charge < -0.3 is 20.2 Å². The molecule has 3 aromatic rings. The fourth-order valence-corrected chi connectivity index (χ4v) is 5.46. The number of hydrogen-bond acceptors (Lipinski definition) is 4. The summed E-state index contributed by atoms with van der Waals surface area (Å²) in [7, 11) is 0. The first-order chi connectivity index (χ1) is 19.5. The van der Waals surface area contributed by atoms with E-state index in [0.29, 0.717) is 29.7 Å². The van der Waals surface area contributed by atoms with E-state index in [2.05, 4.69) is 6.58 Å². The van der Waals surface area contributed by atoms with Gasteiger partial charge in [0.2, 0.25) is 0 Å². The van der Waals surface area contributed by atoms with Gasteiger partial charge in [-0.1, -0.05) is 53.6 Å². The minimum absolute atomic E-state index is 0. The van der Waals surface area contributed by atoms with Crippen LogP contribution in [0.4, 0.5) is 0 Å². The minimum atomic E-state index is -0.891. The SMILES string of the molecule is C=Cc1c(C)c2cc3nc(cc4[n-]c(cc5nc(cc1[n-]2)C(C)=C5C)c(C)c4CCC(=O)O)C(CCC(=O)O)=C3C.[Fe+4]. The second kappa shape index (κ2) is 12.0. The number of aliphatic carboxylic acids is 2. The first-order valence-corrected chi connectivity index (χ1v) is 13.6. The Labute approximate surface area is 254 Å². The molecule has 42 heavy (non-hydrogen) atoms. The minimum Gasteiger partial charge on any atom is -0.657 e. The molecule has 0 saturated heterocycles. The first-order valence-electron chi connectivity index (χ1n) is 13.6. The largest absolute Gasteiger partial charge is 4.00 e. The number of aryl methyl sites for hydroxylation is 3. The van der Waals surface area contributed by atoms with Gasteiger partial charge in [-0.25, -0.2) is 9.97 Å². The maximum atomic E-state index is 11.5. The van der Waals surface area contributed by atoms with Crippen molar-refractivity contribution in [2.75, 3.05) is 0 Å². The molecule has 0 spiro atoms. The van der Waals surface area contributed by atoms with Crippen molar-refractivity contribution in [3.8, 4) is 0 Å². The van der Waals surface area contributed by atoms with Crippen LogP contribution in [0.1, 0.15) is 85.1 Å². The number of hydrogen-bond donors (Lipinski definition) is 2. The average Bonchev–Trinajstić information content (AvgIpc) is 3.56. The predicted octanol–water partition coefficient (Wildman–Crippen LogP) is 6.59. The van der Waals surface area contributed by atoms with Crippen LogP contribution in [0.3, 0.4) is 0 Å². The molecule has 0 atom stereocenters. The maximum absolute atomic E-state index is 11.5. The van der Waals surface area contributed by atoms with Gasteiger partial charge in [-0.15, -0.1) is 22.1 Å². The van der Waals surface area contributed by atoms with Crippen molar-refractivity contribution in [3.05, 3.63) is 75.9 Å². The monoisotopic (exact) mass is 604 g/mol. The van der Waals surface area contributed by atoms with Gasteiger partial charge in [0.1, 0.15) is 0 Å². The van der Waals surface area contributed by atoms with E-state index >= 15 is 0 Å². The van der Waals surface area contributed by atoms with Gasteiger partial charge in [0.05, 0.1) is 22.8 Å². The molecule has 2 aliphatic rings. The summed E-state index contributed by atoms with van der Waals surface area (Å²) >= 11 is 0. The van der Waals surface area contributed by atoms with Crippen molar-refractivity contribution in [1.29, 1.82) is 0 Å². The van der Waals surface area contributed by atoms with Gasteiger partial charge in [-0.05, 0) is 75.3 Å². The number of nitrogens with zero attached hydrogens (tertiary/aromatic N) is 4. The standard InChI is InChI=1S/C33H34N4O4.Fe/c1-7-21-18(4)26-13-28-20(6)23(9-11-33(40)41)31(37-28)15-30-22(8-10-32(38)39)19(5)27(36-30)12-24-16(2)17(3)25(34-24)14-29(21)35-26;/h7,12-15H,1,8-11H2,2-6H3,(H4,34,35,36,37,38,39,40,41);/q;+4/p-2. The summed E-state index contributed by atoms with van der Waals surface area (Å²) in [4.78, 5) is 42.7. The number of carboxylic acids is 2. The molecule has 0 aliphatic carbocycles. The molecule has 8 nitrogen and oxygen atoms in total. The molecule has 0 radical (unpaired) electrons. The summed E-state index contributed by atoms with van der Waals surface area (Å²) in [6.07, 6.45) is 2.35. The van der Waals surface area contributed by atoms with E-state index in [1.165, 1.54) is 0 Å². The quantitative estimate of drug-likeness (QED) is 0.289. The molecule has 0 unspecified atom stereocenters. The van der Waals surface area contributed by atoms with Crippen molar-refractivity contribution in [2.24, 2.45) is 0 Å². The molecular formula is C33H32FeN4O4+2. The summed E-state index contributed by atoms with van der Waals surface area (Å²) in [6, 6.07) is 7.71. The molecule has 0 fully saturated rings. The van der Waals surface area contributed by atoms with E-state index in [1.54, 1.807) is 6.08 Å². The Morgan fingerprint density at radius 3 is 1.79 bits per heavy atom. The number of rotatable bonds is 7. The van der Waals surface area contributed by atoms with Gasteiger partial charge >= 0.3 is 29.0 Å². The van der Waals surface area contributed by atoms with Gasteiger partial charge in [0.15, 0.2) is 0 Å². The summed E-state index contributed by atoms with van der Waals surface area (Å²) in [5.74, 6) is -1.78. The Hall–Kier alpha value is -4.20. The first kappa shape index (κ1) is 30.8. The van der Waals surface area contributed by atoms with Crippen LogP contribution >= 0.6 is 0 Å². The van der Waals surface area contributed by atoms with Gasteiger partial charge in [-0.2, -0.15) is 0 Å². The van der Waals surface area contributed by atoms with Crippen LogP contribution in [0, 0.1) is 13.8 Å². The van der Waals surface area contributed by atoms with Gasteiger partial charge in [0, 0.05) is 12.8 Å². The topological polar surface area (TPSA) is 129 Å². The van der Waals surface area contributed by atoms with Crippen LogP contribution < -0.4 is 9.97 Å². The Bertz CT molecular complexity index is 1870. The second-order valence-corrected chi connectivity index (χ2v) is 10.6. The Balaban J connectivity index is 0.00000405. The molecule has 9 heteroatoms. The van der Waals surface area contributed by atoms with Crippen LogP contribution in [0.25, 0.3) is 50.4 Å². The summed E-state index contributed by atoms with van der Waals surface area (Å²) in [6.45, 7) is 14.0. The van der Waals surface area contributed by atoms with E-state index in [0.717, 1.165) is 72.5 Å². The predicted molar refractivity (Wildman–Crippen MR) is 162 cm³/mol. The summed E-state index contributed by atoms with van der Waals surface area (Å²) < 4.78 is 0. The zero-order valence-corrected chi connectivity index (χ0v) is 25.4. The fraction of sp³-hybridized carbons (Fsp3) is 0.273. The molecular weight excluding hydrogens is 572 g/mol. The number of aromatic nitrogens is 4. The molecule has 2 aliphatic heterocycles. The number of allylic oxidation sites excluding steroid dienone is 4. The third kappa shape index (κ3) is 5.62. The van der Waals surface area contributed by atoms with Crippen LogP contribution in [-0.2, 0) is 33.1 Å². The molecule has 0 amide bonds. The molecule has 0 aromatic carbocycles. The van der Waals surface area contributed by atoms with E-state index in [1.807, 2.05) is 58.9 Å². The van der Waals surface area contributed by atoms with Crippen LogP contribution in [0.15, 0.2) is 30.8 Å². The molecule has 214 valence electrons. The van der Waals surface area contributed by atoms with Crippen molar-refractivity contribution in [1.82, 2.24) is 19.9 Å².